The summed E-state index contributed by atoms with van der Waals surface area (Å²) in [5.74, 6) is 1.81. The molecular formula is C18H21N5O. The number of hydrogen-bond donors (Lipinski definition) is 0. The zero-order valence-electron chi connectivity index (χ0n) is 13.8. The Balaban J connectivity index is 1.51. The first-order valence-corrected chi connectivity index (χ1v) is 8.42. The molecule has 0 aliphatic carbocycles. The van der Waals surface area contributed by atoms with Crippen molar-refractivity contribution < 1.29 is 4.52 Å². The monoisotopic (exact) mass is 323 g/mol. The number of imidazole rings is 1. The van der Waals surface area contributed by atoms with Crippen LogP contribution in [-0.2, 0) is 6.54 Å². The minimum Gasteiger partial charge on any atom is -0.330 e. The van der Waals surface area contributed by atoms with Crippen LogP contribution in [0.25, 0.3) is 23.1 Å². The Hall–Kier alpha value is -2.47. The summed E-state index contributed by atoms with van der Waals surface area (Å²) in [6.07, 6.45) is 7.46. The topological polar surface area (TPSA) is 60.0 Å². The molecule has 0 N–H and O–H groups in total. The van der Waals surface area contributed by atoms with Gasteiger partial charge in [-0.05, 0) is 32.9 Å². The van der Waals surface area contributed by atoms with Gasteiger partial charge < -0.3 is 14.0 Å². The molecule has 1 saturated heterocycles. The highest BCUT2D eigenvalue weighted by atomic mass is 16.5. The van der Waals surface area contributed by atoms with Crippen molar-refractivity contribution in [1.29, 1.82) is 0 Å². The fourth-order valence-corrected chi connectivity index (χ4v) is 3.34. The molecule has 124 valence electrons. The van der Waals surface area contributed by atoms with E-state index < -0.39 is 0 Å². The molecule has 2 aromatic heterocycles. The minimum atomic E-state index is 0.471. The Morgan fingerprint density at radius 3 is 2.92 bits per heavy atom. The molecule has 3 aromatic rings. The highest BCUT2D eigenvalue weighted by molar-refractivity contribution is 5.56. The van der Waals surface area contributed by atoms with Gasteiger partial charge >= 0.3 is 0 Å². The standard InChI is InChI=1S/C18H21N5O/c1-22-11-5-8-15(22)9-12-23-13-10-19-17(23)18-20-16(21-24-18)14-6-3-2-4-7-14/h2-4,6-7,10,13,15H,5,8-9,11-12H2,1H3/t15-/m1/s1. The van der Waals surface area contributed by atoms with Crippen LogP contribution in [0.3, 0.4) is 0 Å². The van der Waals surface area contributed by atoms with E-state index in [2.05, 4.69) is 31.6 Å². The van der Waals surface area contributed by atoms with Crippen molar-refractivity contribution >= 4 is 0 Å². The highest BCUT2D eigenvalue weighted by Crippen LogP contribution is 2.23. The number of likely N-dealkylation sites (tertiary alicyclic amines) is 1. The lowest BCUT2D eigenvalue weighted by molar-refractivity contribution is 0.286. The van der Waals surface area contributed by atoms with Crippen LogP contribution in [0, 0.1) is 0 Å². The number of rotatable bonds is 5. The summed E-state index contributed by atoms with van der Waals surface area (Å²) >= 11 is 0. The Morgan fingerprint density at radius 1 is 1.25 bits per heavy atom. The molecule has 0 spiro atoms. The lowest BCUT2D eigenvalue weighted by Crippen LogP contribution is -2.26. The van der Waals surface area contributed by atoms with Crippen LogP contribution in [-0.4, -0.2) is 44.2 Å². The molecule has 3 heterocycles. The van der Waals surface area contributed by atoms with Gasteiger partial charge in [-0.1, -0.05) is 35.5 Å². The van der Waals surface area contributed by atoms with Crippen molar-refractivity contribution in [2.45, 2.75) is 31.8 Å². The molecule has 0 amide bonds. The van der Waals surface area contributed by atoms with E-state index in [0.717, 1.165) is 24.4 Å². The van der Waals surface area contributed by atoms with Crippen LogP contribution in [0.1, 0.15) is 19.3 Å². The van der Waals surface area contributed by atoms with E-state index >= 15 is 0 Å². The third kappa shape index (κ3) is 2.97. The highest BCUT2D eigenvalue weighted by Gasteiger charge is 2.21. The lowest BCUT2D eigenvalue weighted by Gasteiger charge is -2.19. The summed E-state index contributed by atoms with van der Waals surface area (Å²) in [4.78, 5) is 11.4. The van der Waals surface area contributed by atoms with E-state index in [-0.39, 0.29) is 0 Å². The first-order chi connectivity index (χ1) is 11.8. The zero-order chi connectivity index (χ0) is 16.4. The molecule has 4 rings (SSSR count). The SMILES string of the molecule is CN1CCC[C@@H]1CCn1ccnc1-c1nc(-c2ccccc2)no1. The van der Waals surface area contributed by atoms with Gasteiger partial charge in [0.1, 0.15) is 0 Å². The lowest BCUT2D eigenvalue weighted by atomic mass is 10.1. The number of aromatic nitrogens is 4. The number of nitrogens with zero attached hydrogens (tertiary/aromatic N) is 5. The van der Waals surface area contributed by atoms with Crippen LogP contribution in [0.4, 0.5) is 0 Å². The maximum absolute atomic E-state index is 5.44. The van der Waals surface area contributed by atoms with E-state index in [1.807, 2.05) is 36.5 Å². The minimum absolute atomic E-state index is 0.471. The fourth-order valence-electron chi connectivity index (χ4n) is 3.34. The van der Waals surface area contributed by atoms with Crippen molar-refractivity contribution in [2.24, 2.45) is 0 Å². The normalized spacial score (nSPS) is 18.3. The van der Waals surface area contributed by atoms with Crippen LogP contribution < -0.4 is 0 Å². The predicted octanol–water partition coefficient (Wildman–Crippen LogP) is 3.08. The van der Waals surface area contributed by atoms with Crippen molar-refractivity contribution in [2.75, 3.05) is 13.6 Å². The van der Waals surface area contributed by atoms with Crippen LogP contribution in [0.15, 0.2) is 47.2 Å². The van der Waals surface area contributed by atoms with Crippen LogP contribution >= 0.6 is 0 Å². The molecule has 6 nitrogen and oxygen atoms in total. The second-order valence-corrected chi connectivity index (χ2v) is 6.30. The van der Waals surface area contributed by atoms with E-state index in [1.165, 1.54) is 19.4 Å². The maximum atomic E-state index is 5.44. The largest absolute Gasteiger partial charge is 0.330 e. The summed E-state index contributed by atoms with van der Waals surface area (Å²) in [6.45, 7) is 2.11. The number of benzene rings is 1. The molecule has 0 unspecified atom stereocenters. The molecule has 1 aliphatic heterocycles. The van der Waals surface area contributed by atoms with Gasteiger partial charge in [0.2, 0.25) is 5.82 Å². The number of aryl methyl sites for hydroxylation is 1. The van der Waals surface area contributed by atoms with Gasteiger partial charge in [0, 0.05) is 30.5 Å². The van der Waals surface area contributed by atoms with Crippen molar-refractivity contribution in [1.82, 2.24) is 24.6 Å². The van der Waals surface area contributed by atoms with Gasteiger partial charge in [0.15, 0.2) is 5.82 Å². The molecule has 6 heteroatoms. The molecule has 0 saturated carbocycles. The van der Waals surface area contributed by atoms with Gasteiger partial charge in [-0.15, -0.1) is 0 Å². The van der Waals surface area contributed by atoms with E-state index in [4.69, 9.17) is 4.52 Å². The Morgan fingerprint density at radius 2 is 2.12 bits per heavy atom. The average molecular weight is 323 g/mol. The summed E-state index contributed by atoms with van der Waals surface area (Å²) < 4.78 is 7.55. The summed E-state index contributed by atoms with van der Waals surface area (Å²) in [6, 6.07) is 10.5. The summed E-state index contributed by atoms with van der Waals surface area (Å²) in [5.41, 5.74) is 0.943. The van der Waals surface area contributed by atoms with Crippen molar-refractivity contribution in [3.63, 3.8) is 0 Å². The molecule has 0 bridgehead atoms. The fraction of sp³-hybridized carbons (Fsp3) is 0.389. The molecule has 0 radical (unpaired) electrons. The van der Waals surface area contributed by atoms with Gasteiger partial charge in [0.05, 0.1) is 0 Å². The second kappa shape index (κ2) is 6.57. The van der Waals surface area contributed by atoms with Crippen LogP contribution in [0.5, 0.6) is 0 Å². The molecule has 24 heavy (non-hydrogen) atoms. The smallest absolute Gasteiger partial charge is 0.294 e. The first kappa shape index (κ1) is 15.1. The van der Waals surface area contributed by atoms with Crippen LogP contribution in [0.2, 0.25) is 0 Å². The summed E-state index contributed by atoms with van der Waals surface area (Å²) in [7, 11) is 2.20. The average Bonchev–Trinajstić information content (AvgIpc) is 3.34. The molecule has 1 atom stereocenters. The Labute approximate surface area is 141 Å². The zero-order valence-corrected chi connectivity index (χ0v) is 13.8. The quantitative estimate of drug-likeness (QED) is 0.722. The first-order valence-electron chi connectivity index (χ1n) is 8.42. The molecule has 1 aromatic carbocycles. The van der Waals surface area contributed by atoms with Gasteiger partial charge in [0.25, 0.3) is 5.89 Å². The Kier molecular flexibility index (Phi) is 4.13. The van der Waals surface area contributed by atoms with Gasteiger partial charge in [-0.2, -0.15) is 4.98 Å². The molecule has 1 fully saturated rings. The van der Waals surface area contributed by atoms with Crippen molar-refractivity contribution in [3.8, 4) is 23.1 Å². The second-order valence-electron chi connectivity index (χ2n) is 6.30. The van der Waals surface area contributed by atoms with E-state index in [9.17, 15) is 0 Å². The third-order valence-corrected chi connectivity index (χ3v) is 4.74. The summed E-state index contributed by atoms with van der Waals surface area (Å²) in [5, 5.41) is 4.09. The maximum Gasteiger partial charge on any atom is 0.294 e. The van der Waals surface area contributed by atoms with Gasteiger partial charge in [-0.3, -0.25) is 0 Å². The Bertz CT molecular complexity index is 795. The van der Waals surface area contributed by atoms with E-state index in [0.29, 0.717) is 17.8 Å². The predicted molar refractivity (Wildman–Crippen MR) is 91.2 cm³/mol. The molecule has 1 aliphatic rings. The van der Waals surface area contributed by atoms with Crippen molar-refractivity contribution in [3.05, 3.63) is 42.7 Å². The van der Waals surface area contributed by atoms with Gasteiger partial charge in [-0.25, -0.2) is 4.98 Å². The van der Waals surface area contributed by atoms with E-state index in [1.54, 1.807) is 6.20 Å². The third-order valence-electron chi connectivity index (χ3n) is 4.74. The number of hydrogen-bond acceptors (Lipinski definition) is 5. The molecular weight excluding hydrogens is 302 g/mol.